The lowest BCUT2D eigenvalue weighted by Crippen LogP contribution is -2.49. The van der Waals surface area contributed by atoms with E-state index in [2.05, 4.69) is 4.98 Å². The van der Waals surface area contributed by atoms with E-state index in [1.165, 1.54) is 12.3 Å². The summed E-state index contributed by atoms with van der Waals surface area (Å²) in [5.74, 6) is -0.247. The number of benzene rings is 1. The zero-order valence-electron chi connectivity index (χ0n) is 13.3. The summed E-state index contributed by atoms with van der Waals surface area (Å²) >= 11 is 0. The van der Waals surface area contributed by atoms with Crippen LogP contribution < -0.4 is 5.43 Å². The Morgan fingerprint density at radius 3 is 2.74 bits per heavy atom. The number of aromatic amines is 1. The van der Waals surface area contributed by atoms with Crippen LogP contribution in [-0.4, -0.2) is 35.0 Å². The molecular weight excluding hydrogens is 292 g/mol. The van der Waals surface area contributed by atoms with Crippen LogP contribution in [0.5, 0.6) is 0 Å². The van der Waals surface area contributed by atoms with E-state index in [9.17, 15) is 9.59 Å². The normalized spacial score (nSPS) is 21.2. The summed E-state index contributed by atoms with van der Waals surface area (Å²) in [5.41, 5.74) is 1.70. The number of rotatable bonds is 2. The Balaban J connectivity index is 1.85. The van der Waals surface area contributed by atoms with Crippen molar-refractivity contribution in [3.63, 3.8) is 0 Å². The number of pyridine rings is 1. The van der Waals surface area contributed by atoms with Gasteiger partial charge in [0.1, 0.15) is 11.7 Å². The first kappa shape index (κ1) is 15.5. The van der Waals surface area contributed by atoms with E-state index in [4.69, 9.17) is 4.74 Å². The van der Waals surface area contributed by atoms with Crippen LogP contribution in [0.15, 0.2) is 47.4 Å². The fourth-order valence-corrected chi connectivity index (χ4v) is 2.80. The number of morpholine rings is 1. The monoisotopic (exact) mass is 312 g/mol. The third kappa shape index (κ3) is 3.19. The summed E-state index contributed by atoms with van der Waals surface area (Å²) < 4.78 is 5.86. The Morgan fingerprint density at radius 1 is 1.30 bits per heavy atom. The van der Waals surface area contributed by atoms with Crippen LogP contribution in [0.1, 0.15) is 34.6 Å². The molecule has 1 aliphatic rings. The Hall–Kier alpha value is -2.40. The summed E-state index contributed by atoms with van der Waals surface area (Å²) in [5, 5.41) is 0. The number of aromatic nitrogens is 1. The van der Waals surface area contributed by atoms with Crippen molar-refractivity contribution in [2.75, 3.05) is 13.2 Å². The lowest BCUT2D eigenvalue weighted by molar-refractivity contribution is -0.0487. The molecule has 5 nitrogen and oxygen atoms in total. The molecule has 1 N–H and O–H groups in total. The van der Waals surface area contributed by atoms with Gasteiger partial charge in [0.25, 0.3) is 5.91 Å². The molecule has 5 heteroatoms. The van der Waals surface area contributed by atoms with Crippen molar-refractivity contribution in [2.24, 2.45) is 0 Å². The zero-order valence-corrected chi connectivity index (χ0v) is 13.3. The molecule has 1 aromatic carbocycles. The molecule has 0 spiro atoms. The quantitative estimate of drug-likeness (QED) is 0.925. The second kappa shape index (κ2) is 6.38. The van der Waals surface area contributed by atoms with Crippen LogP contribution in [0.4, 0.5) is 0 Å². The third-order valence-corrected chi connectivity index (χ3v) is 4.15. The first-order chi connectivity index (χ1) is 11.1. The standard InChI is InChI=1S/C18H20N2O3/c1-12-8-16(21)15(9-19-12)18(22)20-10-17(23-11-13(20)2)14-6-4-3-5-7-14/h3-9,13,17H,10-11H2,1-2H3,(H,19,21)/t13-,17+/m0/s1. The van der Waals surface area contributed by atoms with Crippen LogP contribution >= 0.6 is 0 Å². The second-order valence-corrected chi connectivity index (χ2v) is 5.93. The molecule has 0 bridgehead atoms. The zero-order chi connectivity index (χ0) is 16.4. The highest BCUT2D eigenvalue weighted by molar-refractivity contribution is 5.94. The average molecular weight is 312 g/mol. The van der Waals surface area contributed by atoms with Crippen molar-refractivity contribution in [1.82, 2.24) is 9.88 Å². The van der Waals surface area contributed by atoms with Crippen molar-refractivity contribution in [1.29, 1.82) is 0 Å². The molecule has 120 valence electrons. The molecule has 2 heterocycles. The molecule has 2 atom stereocenters. The van der Waals surface area contributed by atoms with Crippen LogP contribution in [0.2, 0.25) is 0 Å². The van der Waals surface area contributed by atoms with E-state index in [1.807, 2.05) is 37.3 Å². The molecule has 0 radical (unpaired) electrons. The van der Waals surface area contributed by atoms with Gasteiger partial charge in [0, 0.05) is 18.0 Å². The van der Waals surface area contributed by atoms with Gasteiger partial charge >= 0.3 is 0 Å². The van der Waals surface area contributed by atoms with Gasteiger partial charge in [0.05, 0.1) is 19.2 Å². The first-order valence-corrected chi connectivity index (χ1v) is 7.73. The molecule has 1 fully saturated rings. The molecule has 0 unspecified atom stereocenters. The minimum atomic E-state index is -0.249. The van der Waals surface area contributed by atoms with E-state index >= 15 is 0 Å². The number of amides is 1. The highest BCUT2D eigenvalue weighted by Gasteiger charge is 2.31. The number of nitrogens with zero attached hydrogens (tertiary/aromatic N) is 1. The van der Waals surface area contributed by atoms with Crippen LogP contribution in [0, 0.1) is 6.92 Å². The third-order valence-electron chi connectivity index (χ3n) is 4.15. The summed E-state index contributed by atoms with van der Waals surface area (Å²) in [6.45, 7) is 4.62. The molecule has 2 aromatic rings. The lowest BCUT2D eigenvalue weighted by Gasteiger charge is -2.38. The van der Waals surface area contributed by atoms with Gasteiger partial charge in [-0.3, -0.25) is 9.59 Å². The van der Waals surface area contributed by atoms with E-state index in [-0.39, 0.29) is 29.0 Å². The first-order valence-electron chi connectivity index (χ1n) is 7.73. The summed E-state index contributed by atoms with van der Waals surface area (Å²) in [6, 6.07) is 11.2. The molecule has 3 rings (SSSR count). The molecule has 0 saturated carbocycles. The number of nitrogens with one attached hydrogen (secondary N) is 1. The number of hydrogen-bond acceptors (Lipinski definition) is 3. The maximum absolute atomic E-state index is 12.8. The molecular formula is C18H20N2O3. The van der Waals surface area contributed by atoms with Crippen molar-refractivity contribution in [3.8, 4) is 0 Å². The average Bonchev–Trinajstić information content (AvgIpc) is 2.55. The van der Waals surface area contributed by atoms with Crippen molar-refractivity contribution in [2.45, 2.75) is 26.0 Å². The van der Waals surface area contributed by atoms with Gasteiger partial charge in [0.15, 0.2) is 5.43 Å². The van der Waals surface area contributed by atoms with Crippen LogP contribution in [-0.2, 0) is 4.74 Å². The van der Waals surface area contributed by atoms with Gasteiger partial charge < -0.3 is 14.6 Å². The highest BCUT2D eigenvalue weighted by atomic mass is 16.5. The van der Waals surface area contributed by atoms with E-state index < -0.39 is 0 Å². The number of ether oxygens (including phenoxy) is 1. The van der Waals surface area contributed by atoms with E-state index in [0.29, 0.717) is 13.2 Å². The molecule has 1 saturated heterocycles. The van der Waals surface area contributed by atoms with Gasteiger partial charge in [-0.05, 0) is 19.4 Å². The minimum absolute atomic E-state index is 0.0665. The number of aryl methyl sites for hydroxylation is 1. The van der Waals surface area contributed by atoms with Crippen LogP contribution in [0.3, 0.4) is 0 Å². The number of carbonyl (C=O) groups is 1. The van der Waals surface area contributed by atoms with Crippen molar-refractivity contribution >= 4 is 5.91 Å². The summed E-state index contributed by atoms with van der Waals surface area (Å²) in [7, 11) is 0. The van der Waals surface area contributed by atoms with Crippen molar-refractivity contribution < 1.29 is 9.53 Å². The Bertz CT molecular complexity index is 754. The Kier molecular flexibility index (Phi) is 4.30. The van der Waals surface area contributed by atoms with Gasteiger partial charge in [-0.2, -0.15) is 0 Å². The molecule has 1 aliphatic heterocycles. The second-order valence-electron chi connectivity index (χ2n) is 5.93. The minimum Gasteiger partial charge on any atom is -0.370 e. The van der Waals surface area contributed by atoms with Gasteiger partial charge in [-0.1, -0.05) is 30.3 Å². The fraction of sp³-hybridized carbons (Fsp3) is 0.333. The molecule has 1 amide bonds. The SMILES string of the molecule is Cc1cc(=O)c(C(=O)N2C[C@H](c3ccccc3)OC[C@@H]2C)c[nH]1. The Morgan fingerprint density at radius 2 is 2.04 bits per heavy atom. The Labute approximate surface area is 134 Å². The van der Waals surface area contributed by atoms with Crippen LogP contribution in [0.25, 0.3) is 0 Å². The summed E-state index contributed by atoms with van der Waals surface area (Å²) in [4.78, 5) is 29.5. The van der Waals surface area contributed by atoms with E-state index in [0.717, 1.165) is 11.3 Å². The maximum Gasteiger partial charge on any atom is 0.259 e. The number of hydrogen-bond donors (Lipinski definition) is 1. The largest absolute Gasteiger partial charge is 0.370 e. The number of H-pyrrole nitrogens is 1. The molecule has 1 aromatic heterocycles. The highest BCUT2D eigenvalue weighted by Crippen LogP contribution is 2.25. The number of carbonyl (C=O) groups excluding carboxylic acids is 1. The molecule has 23 heavy (non-hydrogen) atoms. The lowest BCUT2D eigenvalue weighted by atomic mass is 10.1. The fourth-order valence-electron chi connectivity index (χ4n) is 2.80. The van der Waals surface area contributed by atoms with Crippen molar-refractivity contribution in [3.05, 3.63) is 69.6 Å². The topological polar surface area (TPSA) is 62.4 Å². The van der Waals surface area contributed by atoms with Gasteiger partial charge in [-0.25, -0.2) is 0 Å². The predicted molar refractivity (Wildman–Crippen MR) is 87.4 cm³/mol. The smallest absolute Gasteiger partial charge is 0.259 e. The maximum atomic E-state index is 12.8. The van der Waals surface area contributed by atoms with E-state index in [1.54, 1.807) is 11.8 Å². The molecule has 0 aliphatic carbocycles. The van der Waals surface area contributed by atoms with Gasteiger partial charge in [-0.15, -0.1) is 0 Å². The van der Waals surface area contributed by atoms with Gasteiger partial charge in [0.2, 0.25) is 0 Å². The predicted octanol–water partition coefficient (Wildman–Crippen LogP) is 2.29. The summed E-state index contributed by atoms with van der Waals surface area (Å²) in [6.07, 6.45) is 1.33.